The zero-order chi connectivity index (χ0) is 22.1. The van der Waals surface area contributed by atoms with E-state index in [0.717, 1.165) is 27.5 Å². The summed E-state index contributed by atoms with van der Waals surface area (Å²) in [6, 6.07) is 33.5. The van der Waals surface area contributed by atoms with Crippen molar-refractivity contribution in [1.29, 1.82) is 0 Å². The van der Waals surface area contributed by atoms with Crippen LogP contribution < -0.4 is 5.46 Å². The number of nitrogens with zero attached hydrogens (tertiary/aromatic N) is 1. The smallest absolute Gasteiger partial charge is 0.423 e. The van der Waals surface area contributed by atoms with Gasteiger partial charge in [-0.2, -0.15) is 0 Å². The number of hydrogen-bond acceptors (Lipinski definition) is 3. The van der Waals surface area contributed by atoms with Crippen molar-refractivity contribution in [2.24, 2.45) is 0 Å². The highest BCUT2D eigenvalue weighted by Gasteiger charge is 2.18. The van der Waals surface area contributed by atoms with Crippen LogP contribution in [0.25, 0.3) is 58.4 Å². The zero-order valence-corrected chi connectivity index (χ0v) is 18.4. The Morgan fingerprint density at radius 1 is 0.606 bits per heavy atom. The van der Waals surface area contributed by atoms with E-state index in [4.69, 9.17) is 0 Å². The number of aromatic nitrogens is 1. The Balaban J connectivity index is 1.67. The Kier molecular flexibility index (Phi) is 3.97. The standard InChI is InChI=1S/C28H18BNO2S/c31-29(32)18-11-13-25-23(15-18)24-16-22-17(14-26(24)30(25)19-6-2-1-3-7-19)10-12-21-20-8-4-5-9-27(20)33-28(21)22/h1-16,31-32H. The zero-order valence-electron chi connectivity index (χ0n) is 17.6. The molecule has 2 N–H and O–H groups in total. The van der Waals surface area contributed by atoms with E-state index in [1.54, 1.807) is 6.07 Å². The molecular weight excluding hydrogens is 425 g/mol. The minimum atomic E-state index is -1.50. The van der Waals surface area contributed by atoms with Crippen molar-refractivity contribution in [3.8, 4) is 5.69 Å². The van der Waals surface area contributed by atoms with Gasteiger partial charge in [0.05, 0.1) is 11.0 Å². The Labute approximate surface area is 193 Å². The third kappa shape index (κ3) is 2.71. The molecule has 0 spiro atoms. The normalized spacial score (nSPS) is 11.9. The van der Waals surface area contributed by atoms with Crippen LogP contribution in [-0.2, 0) is 0 Å². The van der Waals surface area contributed by atoms with Crippen molar-refractivity contribution >= 4 is 76.7 Å². The quantitative estimate of drug-likeness (QED) is 0.323. The van der Waals surface area contributed by atoms with Gasteiger partial charge in [0.2, 0.25) is 0 Å². The molecule has 5 heteroatoms. The van der Waals surface area contributed by atoms with Crippen LogP contribution in [0.5, 0.6) is 0 Å². The molecule has 7 aromatic rings. The number of para-hydroxylation sites is 1. The van der Waals surface area contributed by atoms with Crippen LogP contribution in [-0.4, -0.2) is 21.7 Å². The molecule has 3 nitrogen and oxygen atoms in total. The summed E-state index contributed by atoms with van der Waals surface area (Å²) in [5.74, 6) is 0. The molecule has 0 aliphatic rings. The van der Waals surface area contributed by atoms with Crippen LogP contribution >= 0.6 is 11.3 Å². The molecule has 0 unspecified atom stereocenters. The first-order valence-electron chi connectivity index (χ1n) is 10.9. The summed E-state index contributed by atoms with van der Waals surface area (Å²) in [5.41, 5.74) is 3.73. The van der Waals surface area contributed by atoms with Gasteiger partial charge in [-0.05, 0) is 47.2 Å². The van der Waals surface area contributed by atoms with Crippen LogP contribution in [0.2, 0.25) is 0 Å². The van der Waals surface area contributed by atoms with Gasteiger partial charge < -0.3 is 14.6 Å². The molecule has 7 rings (SSSR count). The molecule has 0 radical (unpaired) electrons. The van der Waals surface area contributed by atoms with Crippen LogP contribution in [0.1, 0.15) is 0 Å². The van der Waals surface area contributed by atoms with E-state index in [-0.39, 0.29) is 0 Å². The minimum Gasteiger partial charge on any atom is -0.423 e. The van der Waals surface area contributed by atoms with Gasteiger partial charge in [0.25, 0.3) is 0 Å². The maximum Gasteiger partial charge on any atom is 0.488 e. The van der Waals surface area contributed by atoms with Crippen molar-refractivity contribution in [2.45, 2.75) is 0 Å². The van der Waals surface area contributed by atoms with E-state index < -0.39 is 7.12 Å². The summed E-state index contributed by atoms with van der Waals surface area (Å²) in [4.78, 5) is 0. The van der Waals surface area contributed by atoms with Gasteiger partial charge in [0, 0.05) is 42.0 Å². The lowest BCUT2D eigenvalue weighted by atomic mass is 9.80. The Hall–Kier alpha value is -3.64. The number of thiophene rings is 1. The summed E-state index contributed by atoms with van der Waals surface area (Å²) in [6.45, 7) is 0. The monoisotopic (exact) mass is 443 g/mol. The van der Waals surface area contributed by atoms with Crippen molar-refractivity contribution in [3.63, 3.8) is 0 Å². The lowest BCUT2D eigenvalue weighted by Gasteiger charge is -2.08. The van der Waals surface area contributed by atoms with Gasteiger partial charge in [-0.25, -0.2) is 0 Å². The number of rotatable bonds is 2. The second kappa shape index (κ2) is 6.93. The second-order valence-corrected chi connectivity index (χ2v) is 9.50. The van der Waals surface area contributed by atoms with E-state index in [1.807, 2.05) is 41.7 Å². The number of fused-ring (bicyclic) bond motifs is 8. The average molecular weight is 443 g/mol. The van der Waals surface area contributed by atoms with Crippen LogP contribution in [0.15, 0.2) is 97.1 Å². The molecule has 0 aliphatic carbocycles. The summed E-state index contributed by atoms with van der Waals surface area (Å²) in [5, 5.41) is 26.8. The maximum absolute atomic E-state index is 9.82. The lowest BCUT2D eigenvalue weighted by Crippen LogP contribution is -2.29. The highest BCUT2D eigenvalue weighted by molar-refractivity contribution is 7.26. The third-order valence-corrected chi connectivity index (χ3v) is 7.80. The largest absolute Gasteiger partial charge is 0.488 e. The van der Waals surface area contributed by atoms with Gasteiger partial charge >= 0.3 is 7.12 Å². The molecule has 0 saturated heterocycles. The van der Waals surface area contributed by atoms with Crippen LogP contribution in [0, 0.1) is 0 Å². The first-order chi connectivity index (χ1) is 16.2. The first-order valence-corrected chi connectivity index (χ1v) is 11.7. The lowest BCUT2D eigenvalue weighted by molar-refractivity contribution is 0.426. The summed E-state index contributed by atoms with van der Waals surface area (Å²) in [6.07, 6.45) is 0. The summed E-state index contributed by atoms with van der Waals surface area (Å²) in [7, 11) is -1.50. The second-order valence-electron chi connectivity index (χ2n) is 8.45. The van der Waals surface area contributed by atoms with Gasteiger partial charge in [-0.15, -0.1) is 11.3 Å². The molecular formula is C28H18BNO2S. The van der Waals surface area contributed by atoms with Crippen molar-refractivity contribution < 1.29 is 10.0 Å². The topological polar surface area (TPSA) is 45.4 Å². The van der Waals surface area contributed by atoms with Crippen molar-refractivity contribution in [3.05, 3.63) is 97.1 Å². The van der Waals surface area contributed by atoms with Crippen LogP contribution in [0.3, 0.4) is 0 Å². The summed E-state index contributed by atoms with van der Waals surface area (Å²) >= 11 is 1.83. The highest BCUT2D eigenvalue weighted by atomic mass is 32.1. The first kappa shape index (κ1) is 18.9. The van der Waals surface area contributed by atoms with Gasteiger partial charge in [0.1, 0.15) is 0 Å². The number of hydrogen-bond donors (Lipinski definition) is 2. The molecule has 0 amide bonds. The van der Waals surface area contributed by atoms with Crippen molar-refractivity contribution in [2.75, 3.05) is 0 Å². The molecule has 0 fully saturated rings. The van der Waals surface area contributed by atoms with E-state index in [2.05, 4.69) is 65.2 Å². The molecule has 0 saturated carbocycles. The minimum absolute atomic E-state index is 0.495. The van der Waals surface area contributed by atoms with E-state index in [0.29, 0.717) is 5.46 Å². The van der Waals surface area contributed by atoms with Gasteiger partial charge in [-0.3, -0.25) is 0 Å². The van der Waals surface area contributed by atoms with Crippen molar-refractivity contribution in [1.82, 2.24) is 4.57 Å². The van der Waals surface area contributed by atoms with E-state index in [1.165, 1.54) is 30.9 Å². The average Bonchev–Trinajstić information content (AvgIpc) is 3.38. The fourth-order valence-corrected chi connectivity index (χ4v) is 6.28. The third-order valence-electron chi connectivity index (χ3n) is 6.58. The van der Waals surface area contributed by atoms with Gasteiger partial charge in [0.15, 0.2) is 0 Å². The molecule has 0 aliphatic heterocycles. The Morgan fingerprint density at radius 2 is 1.39 bits per heavy atom. The Bertz CT molecular complexity index is 1850. The molecule has 5 aromatic carbocycles. The van der Waals surface area contributed by atoms with Gasteiger partial charge in [-0.1, -0.05) is 60.7 Å². The van der Waals surface area contributed by atoms with E-state index in [9.17, 15) is 10.0 Å². The predicted octanol–water partition coefficient (Wildman–Crippen LogP) is 5.98. The molecule has 0 atom stereocenters. The highest BCUT2D eigenvalue weighted by Crippen LogP contribution is 2.41. The number of benzene rings is 5. The van der Waals surface area contributed by atoms with E-state index >= 15 is 0 Å². The molecule has 0 bridgehead atoms. The maximum atomic E-state index is 9.82. The fraction of sp³-hybridized carbons (Fsp3) is 0. The SMILES string of the molecule is OB(O)c1ccc2c(c1)c1cc3c(ccc4c5ccccc5sc34)cc1n2-c1ccccc1. The molecule has 2 heterocycles. The molecule has 156 valence electrons. The fourth-order valence-electron chi connectivity index (χ4n) is 5.05. The molecule has 2 aromatic heterocycles. The summed E-state index contributed by atoms with van der Waals surface area (Å²) < 4.78 is 4.83. The Morgan fingerprint density at radius 3 is 2.24 bits per heavy atom. The van der Waals surface area contributed by atoms with Crippen LogP contribution in [0.4, 0.5) is 0 Å². The molecule has 33 heavy (non-hydrogen) atoms. The predicted molar refractivity (Wildman–Crippen MR) is 141 cm³/mol.